The Bertz CT molecular complexity index is 511. The van der Waals surface area contributed by atoms with E-state index in [4.69, 9.17) is 0 Å². The van der Waals surface area contributed by atoms with Crippen molar-refractivity contribution in [2.24, 2.45) is 0 Å². The van der Waals surface area contributed by atoms with Gasteiger partial charge in [0.05, 0.1) is 16.3 Å². The Labute approximate surface area is 98.4 Å². The molecule has 6 nitrogen and oxygen atoms in total. The van der Waals surface area contributed by atoms with E-state index < -0.39 is 10.5 Å². The van der Waals surface area contributed by atoms with Gasteiger partial charge in [-0.2, -0.15) is 0 Å². The number of rotatable bonds is 1. The summed E-state index contributed by atoms with van der Waals surface area (Å²) in [5, 5.41) is 13.3. The Hall–Kier alpha value is -2.11. The minimum Gasteiger partial charge on any atom is -0.359 e. The summed E-state index contributed by atoms with van der Waals surface area (Å²) >= 11 is 0. The molecule has 1 N–H and O–H groups in total. The monoisotopic (exact) mass is 235 g/mol. The van der Waals surface area contributed by atoms with Crippen molar-refractivity contribution in [1.29, 1.82) is 0 Å². The number of carbonyl (C=O) groups is 1. The Balaban J connectivity index is 2.53. The molecule has 17 heavy (non-hydrogen) atoms. The highest BCUT2D eigenvalue weighted by Crippen LogP contribution is 2.37. The third-order valence-electron chi connectivity index (χ3n) is 3.19. The first-order chi connectivity index (χ1) is 7.84. The standard InChI is InChI=1S/C11H13N3O3/c1-11(2)10(15)12-8-6-7(14(16)17)4-5-9(8)13(11)3/h4-6H,1-3H3,(H,12,15). The Morgan fingerprint density at radius 1 is 1.41 bits per heavy atom. The van der Waals surface area contributed by atoms with Crippen LogP contribution in [0.5, 0.6) is 0 Å². The average molecular weight is 235 g/mol. The van der Waals surface area contributed by atoms with Crippen molar-refractivity contribution in [2.45, 2.75) is 19.4 Å². The summed E-state index contributed by atoms with van der Waals surface area (Å²) in [6, 6.07) is 4.45. The topological polar surface area (TPSA) is 75.5 Å². The zero-order valence-corrected chi connectivity index (χ0v) is 9.85. The Kier molecular flexibility index (Phi) is 2.30. The lowest BCUT2D eigenvalue weighted by molar-refractivity contribution is -0.384. The highest BCUT2D eigenvalue weighted by molar-refractivity contribution is 6.06. The molecule has 0 atom stereocenters. The first kappa shape index (κ1) is 11.4. The van der Waals surface area contributed by atoms with Crippen molar-refractivity contribution in [1.82, 2.24) is 0 Å². The van der Waals surface area contributed by atoms with E-state index in [1.165, 1.54) is 12.1 Å². The molecule has 0 fully saturated rings. The van der Waals surface area contributed by atoms with Gasteiger partial charge >= 0.3 is 0 Å². The molecule has 2 rings (SSSR count). The minimum atomic E-state index is -0.664. The molecule has 0 aromatic heterocycles. The molecule has 0 bridgehead atoms. The van der Waals surface area contributed by atoms with Gasteiger partial charge in [-0.3, -0.25) is 14.9 Å². The van der Waals surface area contributed by atoms with Crippen molar-refractivity contribution < 1.29 is 9.72 Å². The number of nitrogens with zero attached hydrogens (tertiary/aromatic N) is 2. The molecule has 0 unspecified atom stereocenters. The number of nitro benzene ring substituents is 1. The van der Waals surface area contributed by atoms with Crippen molar-refractivity contribution in [2.75, 3.05) is 17.3 Å². The molecular formula is C11H13N3O3. The smallest absolute Gasteiger partial charge is 0.271 e. The lowest BCUT2D eigenvalue weighted by Gasteiger charge is -2.41. The van der Waals surface area contributed by atoms with Gasteiger partial charge in [0.25, 0.3) is 5.69 Å². The predicted octanol–water partition coefficient (Wildman–Crippen LogP) is 1.76. The van der Waals surface area contributed by atoms with Gasteiger partial charge in [0.2, 0.25) is 5.91 Å². The molecule has 90 valence electrons. The molecule has 1 amide bonds. The zero-order chi connectivity index (χ0) is 12.8. The molecule has 0 aliphatic carbocycles. The summed E-state index contributed by atoms with van der Waals surface area (Å²) < 4.78 is 0. The summed E-state index contributed by atoms with van der Waals surface area (Å²) in [6.45, 7) is 3.60. The van der Waals surface area contributed by atoms with Gasteiger partial charge in [-0.05, 0) is 19.9 Å². The summed E-state index contributed by atoms with van der Waals surface area (Å²) in [5.74, 6) is -0.173. The van der Waals surface area contributed by atoms with Crippen LogP contribution in [0.25, 0.3) is 0 Å². The van der Waals surface area contributed by atoms with Gasteiger partial charge in [-0.1, -0.05) is 0 Å². The molecule has 1 aliphatic heterocycles. The minimum absolute atomic E-state index is 0.0304. The van der Waals surface area contributed by atoms with E-state index >= 15 is 0 Å². The summed E-state index contributed by atoms with van der Waals surface area (Å²) in [4.78, 5) is 23.8. The molecule has 0 spiro atoms. The molecule has 1 aliphatic rings. The van der Waals surface area contributed by atoms with Gasteiger partial charge < -0.3 is 10.2 Å². The van der Waals surface area contributed by atoms with Crippen LogP contribution in [0.1, 0.15) is 13.8 Å². The lowest BCUT2D eigenvalue weighted by Crippen LogP contribution is -2.54. The fourth-order valence-corrected chi connectivity index (χ4v) is 1.76. The molecule has 1 heterocycles. The van der Waals surface area contributed by atoms with Gasteiger partial charge in [0.15, 0.2) is 0 Å². The first-order valence-electron chi connectivity index (χ1n) is 5.18. The lowest BCUT2D eigenvalue weighted by atomic mass is 9.97. The number of benzene rings is 1. The first-order valence-corrected chi connectivity index (χ1v) is 5.18. The highest BCUT2D eigenvalue weighted by atomic mass is 16.6. The summed E-state index contributed by atoms with van der Waals surface area (Å²) in [5.41, 5.74) is 0.562. The van der Waals surface area contributed by atoms with Crippen LogP contribution in [-0.2, 0) is 4.79 Å². The van der Waals surface area contributed by atoms with Gasteiger partial charge in [-0.15, -0.1) is 0 Å². The summed E-state index contributed by atoms with van der Waals surface area (Å²) in [6.07, 6.45) is 0. The second-order valence-electron chi connectivity index (χ2n) is 4.53. The fraction of sp³-hybridized carbons (Fsp3) is 0.364. The maximum atomic E-state index is 11.8. The van der Waals surface area contributed by atoms with Gasteiger partial charge in [0, 0.05) is 19.2 Å². The third-order valence-corrected chi connectivity index (χ3v) is 3.19. The molecule has 6 heteroatoms. The van der Waals surface area contributed by atoms with Crippen LogP contribution in [0, 0.1) is 10.1 Å². The highest BCUT2D eigenvalue weighted by Gasteiger charge is 2.38. The maximum absolute atomic E-state index is 11.8. The van der Waals surface area contributed by atoms with Crippen molar-refractivity contribution >= 4 is 23.0 Å². The molecule has 0 saturated heterocycles. The fourth-order valence-electron chi connectivity index (χ4n) is 1.76. The SMILES string of the molecule is CN1c2ccc([N+](=O)[O-])cc2NC(=O)C1(C)C. The molecule has 0 radical (unpaired) electrons. The van der Waals surface area contributed by atoms with Crippen LogP contribution in [-0.4, -0.2) is 23.4 Å². The number of nitrogens with one attached hydrogen (secondary N) is 1. The Morgan fingerprint density at radius 2 is 2.06 bits per heavy atom. The van der Waals surface area contributed by atoms with Crippen LogP contribution < -0.4 is 10.2 Å². The van der Waals surface area contributed by atoms with E-state index in [9.17, 15) is 14.9 Å². The van der Waals surface area contributed by atoms with Crippen molar-refractivity contribution in [3.8, 4) is 0 Å². The maximum Gasteiger partial charge on any atom is 0.271 e. The predicted molar refractivity (Wildman–Crippen MR) is 64.2 cm³/mol. The van der Waals surface area contributed by atoms with E-state index in [0.717, 1.165) is 5.69 Å². The van der Waals surface area contributed by atoms with Gasteiger partial charge in [0.1, 0.15) is 5.54 Å². The van der Waals surface area contributed by atoms with E-state index in [0.29, 0.717) is 5.69 Å². The molecular weight excluding hydrogens is 222 g/mol. The van der Waals surface area contributed by atoms with Crippen molar-refractivity contribution in [3.05, 3.63) is 28.3 Å². The second-order valence-corrected chi connectivity index (χ2v) is 4.53. The van der Waals surface area contributed by atoms with E-state index in [-0.39, 0.29) is 11.6 Å². The van der Waals surface area contributed by atoms with Crippen LogP contribution in [0.2, 0.25) is 0 Å². The van der Waals surface area contributed by atoms with E-state index in [1.807, 2.05) is 4.90 Å². The largest absolute Gasteiger partial charge is 0.359 e. The second kappa shape index (κ2) is 3.44. The quantitative estimate of drug-likeness (QED) is 0.594. The van der Waals surface area contributed by atoms with Crippen LogP contribution in [0.15, 0.2) is 18.2 Å². The number of hydrogen-bond acceptors (Lipinski definition) is 4. The molecule has 1 aromatic rings. The van der Waals surface area contributed by atoms with Crippen molar-refractivity contribution in [3.63, 3.8) is 0 Å². The Morgan fingerprint density at radius 3 is 2.65 bits per heavy atom. The van der Waals surface area contributed by atoms with E-state index in [1.54, 1.807) is 27.0 Å². The number of carbonyl (C=O) groups excluding carboxylic acids is 1. The zero-order valence-electron chi connectivity index (χ0n) is 9.85. The third kappa shape index (κ3) is 1.61. The number of likely N-dealkylation sites (N-methyl/N-ethyl adjacent to an activating group) is 1. The number of amides is 1. The van der Waals surface area contributed by atoms with Gasteiger partial charge in [-0.25, -0.2) is 0 Å². The molecule has 1 aromatic carbocycles. The van der Waals surface area contributed by atoms with E-state index in [2.05, 4.69) is 5.32 Å². The van der Waals surface area contributed by atoms with Crippen LogP contribution in [0.4, 0.5) is 17.1 Å². The average Bonchev–Trinajstić information content (AvgIpc) is 2.26. The number of anilines is 2. The normalized spacial score (nSPS) is 17.4. The number of hydrogen-bond donors (Lipinski definition) is 1. The van der Waals surface area contributed by atoms with Crippen LogP contribution >= 0.6 is 0 Å². The van der Waals surface area contributed by atoms with Crippen LogP contribution in [0.3, 0.4) is 0 Å². The summed E-state index contributed by atoms with van der Waals surface area (Å²) in [7, 11) is 1.80. The number of non-ortho nitro benzene ring substituents is 1. The number of nitro groups is 1. The molecule has 0 saturated carbocycles. The number of fused-ring (bicyclic) bond motifs is 1.